The summed E-state index contributed by atoms with van der Waals surface area (Å²) < 4.78 is 26.8. The van der Waals surface area contributed by atoms with E-state index in [9.17, 15) is 9.18 Å². The average Bonchev–Trinajstić information content (AvgIpc) is 3.16. The average molecular weight is 433 g/mol. The lowest BCUT2D eigenvalue weighted by Gasteiger charge is -2.27. The Morgan fingerprint density at radius 2 is 1.94 bits per heavy atom. The van der Waals surface area contributed by atoms with Crippen molar-refractivity contribution in [2.75, 3.05) is 13.2 Å². The number of allylic oxidation sites excluding steroid dienone is 1. The van der Waals surface area contributed by atoms with Gasteiger partial charge >= 0.3 is 0 Å². The number of rotatable bonds is 5. The highest BCUT2D eigenvalue weighted by Gasteiger charge is 2.24. The third kappa shape index (κ3) is 3.96. The van der Waals surface area contributed by atoms with Crippen molar-refractivity contribution >= 4 is 23.0 Å². The summed E-state index contributed by atoms with van der Waals surface area (Å²) in [6, 6.07) is 11.3. The van der Waals surface area contributed by atoms with Crippen molar-refractivity contribution in [3.05, 3.63) is 71.1 Å². The standard InChI is InChI=1S/C25H24FN3O3/c1-29-22-15-18(26)6-9-21(22)28-24(29)23(30)17-4-7-19(8-5-17)32-25-20(3-2-12-27-25)16-10-13-31-14-11-16/h4-9,12,15-16H,2-3,10-11,13-14H2,1H3. The third-order valence-corrected chi connectivity index (χ3v) is 6.12. The van der Waals surface area contributed by atoms with E-state index in [1.54, 1.807) is 41.9 Å². The number of ether oxygens (including phenoxy) is 2. The van der Waals surface area contributed by atoms with E-state index in [0.29, 0.717) is 34.1 Å². The monoisotopic (exact) mass is 433 g/mol. The number of carbonyl (C=O) groups excluding carboxylic acids is 1. The van der Waals surface area contributed by atoms with Crippen molar-refractivity contribution in [2.24, 2.45) is 18.0 Å². The number of hydrogen-bond donors (Lipinski definition) is 0. The minimum Gasteiger partial charge on any atom is -0.439 e. The topological polar surface area (TPSA) is 65.7 Å². The molecule has 0 spiro atoms. The Hall–Kier alpha value is -3.32. The van der Waals surface area contributed by atoms with Gasteiger partial charge in [0.25, 0.3) is 0 Å². The van der Waals surface area contributed by atoms with Crippen LogP contribution in [-0.2, 0) is 11.8 Å². The largest absolute Gasteiger partial charge is 0.439 e. The summed E-state index contributed by atoms with van der Waals surface area (Å²) in [7, 11) is 1.71. The molecule has 1 aromatic heterocycles. The Balaban J connectivity index is 1.37. The molecule has 0 aliphatic carbocycles. The van der Waals surface area contributed by atoms with Crippen LogP contribution in [-0.4, -0.2) is 34.8 Å². The van der Waals surface area contributed by atoms with Crippen LogP contribution in [0.2, 0.25) is 0 Å². The molecule has 1 saturated heterocycles. The maximum absolute atomic E-state index is 13.6. The van der Waals surface area contributed by atoms with Crippen LogP contribution in [0.15, 0.2) is 58.9 Å². The van der Waals surface area contributed by atoms with Crippen LogP contribution in [0.25, 0.3) is 11.0 Å². The first-order chi connectivity index (χ1) is 15.6. The summed E-state index contributed by atoms with van der Waals surface area (Å²) in [5.74, 6) is 1.42. The van der Waals surface area contributed by atoms with Crippen molar-refractivity contribution in [3.63, 3.8) is 0 Å². The number of carbonyl (C=O) groups is 1. The molecule has 7 heteroatoms. The number of imidazole rings is 1. The van der Waals surface area contributed by atoms with Crippen molar-refractivity contribution in [3.8, 4) is 5.75 Å². The maximum atomic E-state index is 13.6. The number of ketones is 1. The second-order valence-electron chi connectivity index (χ2n) is 8.15. The van der Waals surface area contributed by atoms with Gasteiger partial charge in [-0.2, -0.15) is 0 Å². The molecular formula is C25H24FN3O3. The number of benzene rings is 2. The highest BCUT2D eigenvalue weighted by Crippen LogP contribution is 2.32. The first-order valence-corrected chi connectivity index (χ1v) is 10.9. The fraction of sp³-hybridized carbons (Fsp3) is 0.320. The second kappa shape index (κ2) is 8.67. The Bertz CT molecular complexity index is 1220. The molecule has 3 heterocycles. The molecule has 0 atom stereocenters. The van der Waals surface area contributed by atoms with Crippen LogP contribution in [0.5, 0.6) is 5.75 Å². The minimum absolute atomic E-state index is 0.228. The number of aromatic nitrogens is 2. The van der Waals surface area contributed by atoms with Gasteiger partial charge < -0.3 is 14.0 Å². The lowest BCUT2D eigenvalue weighted by molar-refractivity contribution is 0.0738. The molecular weight excluding hydrogens is 409 g/mol. The van der Waals surface area contributed by atoms with Crippen LogP contribution in [0, 0.1) is 11.7 Å². The van der Waals surface area contributed by atoms with Gasteiger partial charge in [-0.25, -0.2) is 14.4 Å². The maximum Gasteiger partial charge on any atom is 0.228 e. The summed E-state index contributed by atoms with van der Waals surface area (Å²) in [6.45, 7) is 1.55. The SMILES string of the molecule is Cn1c(C(=O)c2ccc(OC3=C(C4CCOCC4)CCC=N3)cc2)nc2ccc(F)cc21. The molecule has 6 nitrogen and oxygen atoms in total. The predicted octanol–water partition coefficient (Wildman–Crippen LogP) is 4.83. The van der Waals surface area contributed by atoms with E-state index < -0.39 is 0 Å². The van der Waals surface area contributed by atoms with E-state index in [1.807, 2.05) is 6.21 Å². The molecule has 32 heavy (non-hydrogen) atoms. The van der Waals surface area contributed by atoms with E-state index in [4.69, 9.17) is 9.47 Å². The van der Waals surface area contributed by atoms with E-state index in [2.05, 4.69) is 9.98 Å². The second-order valence-corrected chi connectivity index (χ2v) is 8.15. The molecule has 3 aromatic rings. The van der Waals surface area contributed by atoms with Gasteiger partial charge in [0.15, 0.2) is 5.82 Å². The quantitative estimate of drug-likeness (QED) is 0.541. The zero-order chi connectivity index (χ0) is 22.1. The fourth-order valence-corrected chi connectivity index (χ4v) is 4.36. The molecule has 0 N–H and O–H groups in total. The van der Waals surface area contributed by atoms with Crippen molar-refractivity contribution in [2.45, 2.75) is 25.7 Å². The number of fused-ring (bicyclic) bond motifs is 1. The number of nitrogens with zero attached hydrogens (tertiary/aromatic N) is 3. The molecule has 0 unspecified atom stereocenters. The highest BCUT2D eigenvalue weighted by atomic mass is 19.1. The Kier molecular flexibility index (Phi) is 5.57. The number of halogens is 1. The summed E-state index contributed by atoms with van der Waals surface area (Å²) in [5.41, 5.74) is 2.90. The van der Waals surface area contributed by atoms with Crippen LogP contribution < -0.4 is 4.74 Å². The summed E-state index contributed by atoms with van der Waals surface area (Å²) >= 11 is 0. The summed E-state index contributed by atoms with van der Waals surface area (Å²) in [4.78, 5) is 21.9. The van der Waals surface area contributed by atoms with Gasteiger partial charge in [-0.3, -0.25) is 4.79 Å². The Morgan fingerprint density at radius 1 is 1.16 bits per heavy atom. The first kappa shape index (κ1) is 20.6. The number of aliphatic imine (C=N–C) groups is 1. The van der Waals surface area contributed by atoms with Crippen molar-refractivity contribution in [1.29, 1.82) is 0 Å². The zero-order valence-corrected chi connectivity index (χ0v) is 17.9. The Morgan fingerprint density at radius 3 is 2.72 bits per heavy atom. The van der Waals surface area contributed by atoms with E-state index in [-0.39, 0.29) is 17.4 Å². The Labute approximate surface area is 185 Å². The fourth-order valence-electron chi connectivity index (χ4n) is 4.36. The van der Waals surface area contributed by atoms with E-state index in [0.717, 1.165) is 38.9 Å². The zero-order valence-electron chi connectivity index (χ0n) is 17.9. The molecule has 0 amide bonds. The lowest BCUT2D eigenvalue weighted by atomic mass is 9.88. The van der Waals surface area contributed by atoms with E-state index >= 15 is 0 Å². The molecule has 2 aromatic carbocycles. The molecule has 0 bridgehead atoms. The molecule has 2 aliphatic heterocycles. The molecule has 164 valence electrons. The third-order valence-electron chi connectivity index (χ3n) is 6.12. The van der Waals surface area contributed by atoms with Crippen LogP contribution in [0.1, 0.15) is 41.9 Å². The minimum atomic E-state index is -0.360. The predicted molar refractivity (Wildman–Crippen MR) is 119 cm³/mol. The van der Waals surface area contributed by atoms with Gasteiger partial charge in [0, 0.05) is 32.0 Å². The molecule has 2 aliphatic rings. The highest BCUT2D eigenvalue weighted by molar-refractivity contribution is 6.08. The normalized spacial score (nSPS) is 17.2. The van der Waals surface area contributed by atoms with Crippen LogP contribution in [0.3, 0.4) is 0 Å². The van der Waals surface area contributed by atoms with Gasteiger partial charge in [-0.15, -0.1) is 0 Å². The first-order valence-electron chi connectivity index (χ1n) is 10.9. The van der Waals surface area contributed by atoms with Gasteiger partial charge in [0.05, 0.1) is 11.0 Å². The molecule has 0 radical (unpaired) electrons. The molecule has 1 fully saturated rings. The number of hydrogen-bond acceptors (Lipinski definition) is 5. The number of aryl methyl sites for hydroxylation is 1. The van der Waals surface area contributed by atoms with Crippen LogP contribution in [0.4, 0.5) is 4.39 Å². The lowest BCUT2D eigenvalue weighted by Crippen LogP contribution is -2.20. The van der Waals surface area contributed by atoms with Crippen LogP contribution >= 0.6 is 0 Å². The van der Waals surface area contributed by atoms with Gasteiger partial charge in [-0.1, -0.05) is 0 Å². The molecule has 5 rings (SSSR count). The van der Waals surface area contributed by atoms with Gasteiger partial charge in [0.2, 0.25) is 11.7 Å². The smallest absolute Gasteiger partial charge is 0.228 e. The van der Waals surface area contributed by atoms with Gasteiger partial charge in [-0.05, 0) is 79.6 Å². The molecule has 0 saturated carbocycles. The summed E-state index contributed by atoms with van der Waals surface area (Å²) in [6.07, 6.45) is 5.76. The summed E-state index contributed by atoms with van der Waals surface area (Å²) in [5, 5.41) is 0. The van der Waals surface area contributed by atoms with Crippen molar-refractivity contribution in [1.82, 2.24) is 9.55 Å². The van der Waals surface area contributed by atoms with Gasteiger partial charge in [0.1, 0.15) is 11.6 Å². The van der Waals surface area contributed by atoms with E-state index in [1.165, 1.54) is 17.7 Å². The van der Waals surface area contributed by atoms with Crippen molar-refractivity contribution < 1.29 is 18.7 Å².